The molecular weight excluding hydrogens is 157 g/mol. The van der Waals surface area contributed by atoms with E-state index in [1.807, 2.05) is 0 Å². The van der Waals surface area contributed by atoms with Crippen LogP contribution in [0.3, 0.4) is 0 Å². The Morgan fingerprint density at radius 2 is 1.14 bits per heavy atom. The predicted molar refractivity (Wildman–Crippen MR) is 17.8 cm³/mol. The Morgan fingerprint density at radius 3 is 1.14 bits per heavy atom. The van der Waals surface area contributed by atoms with Gasteiger partial charge < -0.3 is 5.48 Å². The van der Waals surface area contributed by atoms with Gasteiger partial charge in [-0.2, -0.15) is 8.42 Å². The summed E-state index contributed by atoms with van der Waals surface area (Å²) in [4.78, 5) is 0. The van der Waals surface area contributed by atoms with E-state index in [2.05, 4.69) is 0 Å². The fraction of sp³-hybridized carbons (Fsp3) is 0. The van der Waals surface area contributed by atoms with Gasteiger partial charge in [0.25, 0.3) is 0 Å². The van der Waals surface area contributed by atoms with Crippen LogP contribution in [0.5, 0.6) is 0 Å². The molecule has 0 aromatic rings. The molecule has 43 valence electrons. The van der Waals surface area contributed by atoms with Crippen LogP contribution in [0.15, 0.2) is 0 Å². The Kier molecular flexibility index (Phi) is 10.8. The standard InChI is InChI=1S/H2O4S.H2O.Sc/c1-5(2,3)4;;/h(H2,1,2,3,4);1H2;. The van der Waals surface area contributed by atoms with Gasteiger partial charge in [0.05, 0.1) is 0 Å². The maximum absolute atomic E-state index is 8.74. The summed E-state index contributed by atoms with van der Waals surface area (Å²) in [5.41, 5.74) is 0. The Bertz CT molecular complexity index is 91.2. The third kappa shape index (κ3) is 302. The van der Waals surface area contributed by atoms with Gasteiger partial charge in [0.15, 0.2) is 0 Å². The molecule has 0 unspecified atom stereocenters. The van der Waals surface area contributed by atoms with Gasteiger partial charge in [0.1, 0.15) is 0 Å². The second-order valence-electron chi connectivity index (χ2n) is 0.448. The molecule has 0 saturated heterocycles. The van der Waals surface area contributed by atoms with Gasteiger partial charge in [-0.1, -0.05) is 0 Å². The third-order valence-electron chi connectivity index (χ3n) is 0. The van der Waals surface area contributed by atoms with Crippen molar-refractivity contribution in [1.29, 1.82) is 0 Å². The van der Waals surface area contributed by atoms with E-state index in [4.69, 9.17) is 17.5 Å². The van der Waals surface area contributed by atoms with Gasteiger partial charge >= 0.3 is 10.4 Å². The van der Waals surface area contributed by atoms with Crippen LogP contribution >= 0.6 is 0 Å². The van der Waals surface area contributed by atoms with Gasteiger partial charge in [0.2, 0.25) is 0 Å². The largest absolute Gasteiger partial charge is 0.412 e. The Balaban J connectivity index is -0.0000000800. The van der Waals surface area contributed by atoms with Crippen molar-refractivity contribution in [2.45, 2.75) is 0 Å². The minimum atomic E-state index is -4.67. The maximum atomic E-state index is 8.74. The van der Waals surface area contributed by atoms with Gasteiger partial charge in [-0.25, -0.2) is 0 Å². The van der Waals surface area contributed by atoms with E-state index in [1.165, 1.54) is 0 Å². The van der Waals surface area contributed by atoms with E-state index >= 15 is 0 Å². The molecule has 0 spiro atoms. The molecule has 0 fully saturated rings. The molecule has 1 radical (unpaired) electrons. The molecule has 0 aromatic heterocycles. The van der Waals surface area contributed by atoms with Crippen LogP contribution in [0.1, 0.15) is 0 Å². The normalized spacial score (nSPS) is 8.29. The van der Waals surface area contributed by atoms with Gasteiger partial charge in [-0.05, 0) is 0 Å². The summed E-state index contributed by atoms with van der Waals surface area (Å²) < 4.78 is 31.6. The van der Waals surface area contributed by atoms with Gasteiger partial charge in [0, 0.05) is 25.8 Å². The van der Waals surface area contributed by atoms with Crippen LogP contribution in [0.4, 0.5) is 0 Å². The second kappa shape index (κ2) is 4.85. The Morgan fingerprint density at radius 1 is 1.14 bits per heavy atom. The number of hydrogen-bond acceptors (Lipinski definition) is 2. The van der Waals surface area contributed by atoms with Crippen molar-refractivity contribution in [2.24, 2.45) is 0 Å². The molecule has 7 heteroatoms. The van der Waals surface area contributed by atoms with E-state index in [0.29, 0.717) is 0 Å². The summed E-state index contributed by atoms with van der Waals surface area (Å²) in [5, 5.41) is 0. The SMILES string of the molecule is O.O=S(=O)(O)O.[Sc]. The summed E-state index contributed by atoms with van der Waals surface area (Å²) in [6, 6.07) is 0. The van der Waals surface area contributed by atoms with Crippen molar-refractivity contribution in [1.82, 2.24) is 0 Å². The molecule has 0 aliphatic carbocycles. The van der Waals surface area contributed by atoms with Crippen LogP contribution < -0.4 is 0 Å². The number of hydrogen-bond donors (Lipinski definition) is 2. The Hall–Kier alpha value is 0.700. The fourth-order valence-electron chi connectivity index (χ4n) is 0. The molecular formula is H4O5SSc. The fourth-order valence-corrected chi connectivity index (χ4v) is 0. The van der Waals surface area contributed by atoms with Gasteiger partial charge in [-0.15, -0.1) is 0 Å². The maximum Gasteiger partial charge on any atom is 0.394 e. The zero-order chi connectivity index (χ0) is 4.50. The van der Waals surface area contributed by atoms with Crippen LogP contribution in [-0.4, -0.2) is 23.0 Å². The van der Waals surface area contributed by atoms with E-state index < -0.39 is 10.4 Å². The Labute approximate surface area is 59.4 Å². The average molecular weight is 161 g/mol. The minimum Gasteiger partial charge on any atom is -0.412 e. The molecule has 0 atom stereocenters. The second-order valence-corrected chi connectivity index (χ2v) is 1.34. The van der Waals surface area contributed by atoms with Crippen LogP contribution in [0, 0.1) is 0 Å². The van der Waals surface area contributed by atoms with Crippen molar-refractivity contribution in [2.75, 3.05) is 0 Å². The van der Waals surface area contributed by atoms with E-state index in [9.17, 15) is 0 Å². The topological polar surface area (TPSA) is 106 Å². The zero-order valence-electron chi connectivity index (χ0n) is 3.20. The first kappa shape index (κ1) is 15.6. The summed E-state index contributed by atoms with van der Waals surface area (Å²) in [5.74, 6) is 0. The van der Waals surface area contributed by atoms with Crippen LogP contribution in [0.2, 0.25) is 0 Å². The van der Waals surface area contributed by atoms with Crippen molar-refractivity contribution in [3.63, 3.8) is 0 Å². The first-order valence-electron chi connectivity index (χ1n) is 0.698. The van der Waals surface area contributed by atoms with Crippen molar-refractivity contribution >= 4 is 10.4 Å². The van der Waals surface area contributed by atoms with Gasteiger partial charge in [-0.3, -0.25) is 9.11 Å². The zero-order valence-corrected chi connectivity index (χ0v) is 5.82. The average Bonchev–Trinajstić information content (AvgIpc) is 0.722. The summed E-state index contributed by atoms with van der Waals surface area (Å²) >= 11 is 0. The third-order valence-corrected chi connectivity index (χ3v) is 0. The number of rotatable bonds is 0. The van der Waals surface area contributed by atoms with E-state index in [0.717, 1.165) is 0 Å². The molecule has 0 bridgehead atoms. The van der Waals surface area contributed by atoms with Crippen molar-refractivity contribution in [3.8, 4) is 0 Å². The van der Waals surface area contributed by atoms with E-state index in [-0.39, 0.29) is 31.3 Å². The molecule has 0 aliphatic rings. The van der Waals surface area contributed by atoms with Crippen LogP contribution in [0.25, 0.3) is 0 Å². The molecule has 5 nitrogen and oxygen atoms in total. The molecule has 7 heavy (non-hydrogen) atoms. The first-order chi connectivity index (χ1) is 2.00. The quantitative estimate of drug-likeness (QED) is 0.422. The molecule has 0 amide bonds. The summed E-state index contributed by atoms with van der Waals surface area (Å²) in [6.07, 6.45) is 0. The summed E-state index contributed by atoms with van der Waals surface area (Å²) in [7, 11) is -4.67. The monoisotopic (exact) mass is 161 g/mol. The molecule has 0 saturated carbocycles. The first-order valence-corrected chi connectivity index (χ1v) is 2.10. The van der Waals surface area contributed by atoms with Crippen molar-refractivity contribution < 1.29 is 48.8 Å². The molecule has 4 N–H and O–H groups in total. The van der Waals surface area contributed by atoms with Crippen molar-refractivity contribution in [3.05, 3.63) is 0 Å². The molecule has 0 aliphatic heterocycles. The van der Waals surface area contributed by atoms with E-state index in [1.54, 1.807) is 0 Å². The minimum absolute atomic E-state index is 0. The van der Waals surface area contributed by atoms with Crippen LogP contribution in [-0.2, 0) is 36.2 Å². The summed E-state index contributed by atoms with van der Waals surface area (Å²) in [6.45, 7) is 0. The smallest absolute Gasteiger partial charge is 0.394 e. The molecule has 0 heterocycles. The predicted octanol–water partition coefficient (Wildman–Crippen LogP) is -1.48. The molecule has 0 rings (SSSR count). The molecule has 0 aromatic carbocycles.